The molecule has 0 saturated carbocycles. The SMILES string of the molecule is Cc1cnc(CCN(C)CCC(=O)N2CCc3ccccc3C2)s1. The summed E-state index contributed by atoms with van der Waals surface area (Å²) in [6, 6.07) is 8.44. The second kappa shape index (κ2) is 7.90. The number of rotatable bonds is 6. The molecule has 1 aliphatic heterocycles. The Labute approximate surface area is 148 Å². The van der Waals surface area contributed by atoms with Crippen LogP contribution in [0, 0.1) is 6.92 Å². The van der Waals surface area contributed by atoms with Crippen LogP contribution < -0.4 is 0 Å². The summed E-state index contributed by atoms with van der Waals surface area (Å²) in [5, 5.41) is 1.18. The first kappa shape index (κ1) is 17.1. The third kappa shape index (κ3) is 4.42. The van der Waals surface area contributed by atoms with Crippen LogP contribution in [0.3, 0.4) is 0 Å². The van der Waals surface area contributed by atoms with Gasteiger partial charge in [0.05, 0.1) is 5.01 Å². The van der Waals surface area contributed by atoms with Crippen LogP contribution in [-0.4, -0.2) is 47.4 Å². The van der Waals surface area contributed by atoms with Gasteiger partial charge in [0.15, 0.2) is 0 Å². The minimum Gasteiger partial charge on any atom is -0.338 e. The minimum atomic E-state index is 0.265. The Morgan fingerprint density at radius 3 is 2.83 bits per heavy atom. The van der Waals surface area contributed by atoms with Gasteiger partial charge < -0.3 is 9.80 Å². The van der Waals surface area contributed by atoms with Crippen LogP contribution >= 0.6 is 11.3 Å². The molecular formula is C19H25N3OS. The number of hydrogen-bond acceptors (Lipinski definition) is 4. The van der Waals surface area contributed by atoms with Crippen LogP contribution in [0.25, 0.3) is 0 Å². The Kier molecular flexibility index (Phi) is 5.63. The molecule has 1 aromatic heterocycles. The molecule has 0 fully saturated rings. The van der Waals surface area contributed by atoms with Gasteiger partial charge in [0.1, 0.15) is 0 Å². The first-order valence-electron chi connectivity index (χ1n) is 8.56. The van der Waals surface area contributed by atoms with Gasteiger partial charge in [-0.1, -0.05) is 24.3 Å². The van der Waals surface area contributed by atoms with E-state index in [-0.39, 0.29) is 5.91 Å². The van der Waals surface area contributed by atoms with Crippen LogP contribution in [0.5, 0.6) is 0 Å². The lowest BCUT2D eigenvalue weighted by atomic mass is 10.00. The molecule has 24 heavy (non-hydrogen) atoms. The van der Waals surface area contributed by atoms with Crippen molar-refractivity contribution in [1.82, 2.24) is 14.8 Å². The zero-order chi connectivity index (χ0) is 16.9. The number of amides is 1. The fraction of sp³-hybridized carbons (Fsp3) is 0.474. The van der Waals surface area contributed by atoms with E-state index in [2.05, 4.69) is 48.1 Å². The lowest BCUT2D eigenvalue weighted by Gasteiger charge is -2.29. The predicted octanol–water partition coefficient (Wildman–Crippen LogP) is 2.90. The molecule has 2 heterocycles. The molecule has 0 radical (unpaired) electrons. The molecule has 0 aliphatic carbocycles. The molecule has 2 aromatic rings. The first-order chi connectivity index (χ1) is 11.6. The molecule has 128 valence electrons. The lowest BCUT2D eigenvalue weighted by Crippen LogP contribution is -2.37. The summed E-state index contributed by atoms with van der Waals surface area (Å²) < 4.78 is 0. The van der Waals surface area contributed by atoms with E-state index >= 15 is 0 Å². The molecule has 1 amide bonds. The predicted molar refractivity (Wildman–Crippen MR) is 98.2 cm³/mol. The van der Waals surface area contributed by atoms with Crippen molar-refractivity contribution in [3.8, 4) is 0 Å². The number of thiazole rings is 1. The van der Waals surface area contributed by atoms with E-state index in [9.17, 15) is 4.79 Å². The highest BCUT2D eigenvalue weighted by molar-refractivity contribution is 7.11. The van der Waals surface area contributed by atoms with Gasteiger partial charge in [0, 0.05) is 50.1 Å². The molecule has 0 atom stereocenters. The quantitative estimate of drug-likeness (QED) is 0.809. The number of hydrogen-bond donors (Lipinski definition) is 0. The number of fused-ring (bicyclic) bond motifs is 1. The highest BCUT2D eigenvalue weighted by atomic mass is 32.1. The summed E-state index contributed by atoms with van der Waals surface area (Å²) in [6.07, 6.45) is 4.45. The maximum atomic E-state index is 12.5. The molecular weight excluding hydrogens is 318 g/mol. The average Bonchev–Trinajstić information content (AvgIpc) is 3.02. The Balaban J connectivity index is 1.42. The fourth-order valence-electron chi connectivity index (χ4n) is 3.07. The average molecular weight is 343 g/mol. The van der Waals surface area contributed by atoms with Crippen molar-refractivity contribution in [2.45, 2.75) is 32.7 Å². The van der Waals surface area contributed by atoms with Gasteiger partial charge in [-0.2, -0.15) is 0 Å². The standard InChI is InChI=1S/C19H25N3OS/c1-15-13-20-18(24-15)8-10-21(2)11-9-19(23)22-12-7-16-5-3-4-6-17(16)14-22/h3-6,13H,7-12,14H2,1-2H3. The summed E-state index contributed by atoms with van der Waals surface area (Å²) >= 11 is 1.76. The molecule has 0 spiro atoms. The maximum Gasteiger partial charge on any atom is 0.224 e. The molecule has 5 heteroatoms. The van der Waals surface area contributed by atoms with Crippen LogP contribution in [0.15, 0.2) is 30.5 Å². The topological polar surface area (TPSA) is 36.4 Å². The summed E-state index contributed by atoms with van der Waals surface area (Å²) in [4.78, 5) is 22.4. The fourth-order valence-corrected chi connectivity index (χ4v) is 3.84. The number of aryl methyl sites for hydroxylation is 1. The Morgan fingerprint density at radius 1 is 1.29 bits per heavy atom. The maximum absolute atomic E-state index is 12.5. The molecule has 1 aromatic carbocycles. The van der Waals surface area contributed by atoms with E-state index in [0.29, 0.717) is 6.42 Å². The molecule has 4 nitrogen and oxygen atoms in total. The number of likely N-dealkylation sites (N-methyl/N-ethyl adjacent to an activating group) is 1. The normalized spacial score (nSPS) is 14.0. The Morgan fingerprint density at radius 2 is 2.08 bits per heavy atom. The third-order valence-electron chi connectivity index (χ3n) is 4.57. The zero-order valence-electron chi connectivity index (χ0n) is 14.5. The van der Waals surface area contributed by atoms with Crippen LogP contribution in [0.1, 0.15) is 27.4 Å². The number of benzene rings is 1. The highest BCUT2D eigenvalue weighted by Gasteiger charge is 2.20. The largest absolute Gasteiger partial charge is 0.338 e. The van der Waals surface area contributed by atoms with E-state index in [1.165, 1.54) is 21.0 Å². The first-order valence-corrected chi connectivity index (χ1v) is 9.38. The number of aromatic nitrogens is 1. The Hall–Kier alpha value is -1.72. The summed E-state index contributed by atoms with van der Waals surface area (Å²) in [6.45, 7) is 5.44. The van der Waals surface area contributed by atoms with Crippen molar-refractivity contribution in [3.63, 3.8) is 0 Å². The van der Waals surface area contributed by atoms with Gasteiger partial charge in [-0.25, -0.2) is 4.98 Å². The van der Waals surface area contributed by atoms with Crippen molar-refractivity contribution in [2.75, 3.05) is 26.7 Å². The summed E-state index contributed by atoms with van der Waals surface area (Å²) in [7, 11) is 2.08. The lowest BCUT2D eigenvalue weighted by molar-refractivity contribution is -0.132. The van der Waals surface area contributed by atoms with Gasteiger partial charge in [0.25, 0.3) is 0 Å². The second-order valence-corrected chi connectivity index (χ2v) is 7.82. The smallest absolute Gasteiger partial charge is 0.224 e. The summed E-state index contributed by atoms with van der Waals surface area (Å²) in [5.41, 5.74) is 2.68. The number of carbonyl (C=O) groups excluding carboxylic acids is 1. The molecule has 3 rings (SSSR count). The van der Waals surface area contributed by atoms with Gasteiger partial charge in [-0.15, -0.1) is 11.3 Å². The summed E-state index contributed by atoms with van der Waals surface area (Å²) in [5.74, 6) is 0.265. The van der Waals surface area contributed by atoms with Crippen molar-refractivity contribution in [3.05, 3.63) is 51.5 Å². The molecule has 1 aliphatic rings. The van der Waals surface area contributed by atoms with Crippen molar-refractivity contribution in [2.24, 2.45) is 0 Å². The van der Waals surface area contributed by atoms with E-state index in [4.69, 9.17) is 0 Å². The van der Waals surface area contributed by atoms with Crippen LogP contribution in [-0.2, 0) is 24.2 Å². The molecule has 0 unspecified atom stereocenters. The third-order valence-corrected chi connectivity index (χ3v) is 5.54. The van der Waals surface area contributed by atoms with E-state index in [1.54, 1.807) is 11.3 Å². The number of nitrogens with zero attached hydrogens (tertiary/aromatic N) is 3. The van der Waals surface area contributed by atoms with E-state index < -0.39 is 0 Å². The van der Waals surface area contributed by atoms with Gasteiger partial charge in [-0.05, 0) is 31.5 Å². The van der Waals surface area contributed by atoms with Crippen LogP contribution in [0.2, 0.25) is 0 Å². The molecule has 0 bridgehead atoms. The van der Waals surface area contributed by atoms with Crippen molar-refractivity contribution in [1.29, 1.82) is 0 Å². The molecule has 0 saturated heterocycles. The molecule has 0 N–H and O–H groups in total. The highest BCUT2D eigenvalue weighted by Crippen LogP contribution is 2.19. The monoisotopic (exact) mass is 343 g/mol. The zero-order valence-corrected chi connectivity index (χ0v) is 15.3. The van der Waals surface area contributed by atoms with Crippen molar-refractivity contribution >= 4 is 17.2 Å². The minimum absolute atomic E-state index is 0.265. The van der Waals surface area contributed by atoms with E-state index in [1.807, 2.05) is 11.1 Å². The van der Waals surface area contributed by atoms with Gasteiger partial charge in [0.2, 0.25) is 5.91 Å². The van der Waals surface area contributed by atoms with Crippen LogP contribution in [0.4, 0.5) is 0 Å². The second-order valence-electron chi connectivity index (χ2n) is 6.50. The number of carbonyl (C=O) groups is 1. The van der Waals surface area contributed by atoms with Crippen molar-refractivity contribution < 1.29 is 4.79 Å². The van der Waals surface area contributed by atoms with Gasteiger partial charge >= 0.3 is 0 Å². The van der Waals surface area contributed by atoms with Gasteiger partial charge in [-0.3, -0.25) is 4.79 Å². The Bertz CT molecular complexity index is 697. The van der Waals surface area contributed by atoms with E-state index in [0.717, 1.165) is 39.0 Å².